The number of sulfonamides is 1. The van der Waals surface area contributed by atoms with E-state index in [4.69, 9.17) is 9.47 Å². The molecule has 2 aromatic heterocycles. The smallest absolute Gasteiger partial charge is 0.487 e. The van der Waals surface area contributed by atoms with Crippen molar-refractivity contribution >= 4 is 10.0 Å². The highest BCUT2D eigenvalue weighted by Gasteiger charge is 2.45. The van der Waals surface area contributed by atoms with Gasteiger partial charge in [0.05, 0.1) is 17.6 Å². The SMILES string of the molecule is O=S(=O)(NCc1cccc(COc2ccc(-c3ccnn3C3CCCCO3)nc2)c1)C(F)(F)F. The normalized spacial score (nSPS) is 17.0. The van der Waals surface area contributed by atoms with E-state index < -0.39 is 22.1 Å². The number of nitrogens with one attached hydrogen (secondary N) is 1. The molecule has 0 aliphatic carbocycles. The van der Waals surface area contributed by atoms with Crippen LogP contribution in [0.5, 0.6) is 5.75 Å². The fraction of sp³-hybridized carbons (Fsp3) is 0.364. The number of halogens is 3. The lowest BCUT2D eigenvalue weighted by Gasteiger charge is -2.24. The van der Waals surface area contributed by atoms with Crippen molar-refractivity contribution in [2.24, 2.45) is 0 Å². The molecule has 4 rings (SSSR count). The molecule has 34 heavy (non-hydrogen) atoms. The molecule has 1 aliphatic rings. The zero-order valence-corrected chi connectivity index (χ0v) is 18.8. The van der Waals surface area contributed by atoms with Crippen molar-refractivity contribution < 1.29 is 31.1 Å². The second-order valence-corrected chi connectivity index (χ2v) is 9.50. The fourth-order valence-electron chi connectivity index (χ4n) is 3.54. The molecule has 8 nitrogen and oxygen atoms in total. The van der Waals surface area contributed by atoms with Crippen LogP contribution in [0.3, 0.4) is 0 Å². The Morgan fingerprint density at radius 3 is 2.68 bits per heavy atom. The highest BCUT2D eigenvalue weighted by Crippen LogP contribution is 2.28. The van der Waals surface area contributed by atoms with E-state index in [1.165, 1.54) is 6.07 Å². The monoisotopic (exact) mass is 496 g/mol. The lowest BCUT2D eigenvalue weighted by molar-refractivity contribution is -0.0448. The molecule has 3 aromatic rings. The predicted octanol–water partition coefficient (Wildman–Crippen LogP) is 4.16. The first kappa shape index (κ1) is 24.2. The van der Waals surface area contributed by atoms with Gasteiger partial charge in [-0.05, 0) is 48.6 Å². The van der Waals surface area contributed by atoms with Crippen LogP contribution in [-0.4, -0.2) is 35.3 Å². The van der Waals surface area contributed by atoms with Crippen molar-refractivity contribution in [1.82, 2.24) is 19.5 Å². The van der Waals surface area contributed by atoms with Gasteiger partial charge in [-0.15, -0.1) is 0 Å². The Balaban J connectivity index is 1.36. The second-order valence-electron chi connectivity index (χ2n) is 7.74. The van der Waals surface area contributed by atoms with E-state index in [9.17, 15) is 21.6 Å². The number of benzene rings is 1. The number of alkyl halides is 3. The van der Waals surface area contributed by atoms with Gasteiger partial charge in [0.25, 0.3) is 0 Å². The third-order valence-corrected chi connectivity index (χ3v) is 6.40. The van der Waals surface area contributed by atoms with E-state index in [0.717, 1.165) is 30.7 Å². The largest absolute Gasteiger partial charge is 0.511 e. The van der Waals surface area contributed by atoms with E-state index in [1.807, 2.05) is 16.8 Å². The summed E-state index contributed by atoms with van der Waals surface area (Å²) in [6.45, 7) is 0.360. The Morgan fingerprint density at radius 1 is 1.15 bits per heavy atom. The minimum Gasteiger partial charge on any atom is -0.487 e. The molecule has 0 bridgehead atoms. The maximum absolute atomic E-state index is 12.5. The quantitative estimate of drug-likeness (QED) is 0.503. The van der Waals surface area contributed by atoms with Crippen molar-refractivity contribution in [3.63, 3.8) is 0 Å². The Morgan fingerprint density at radius 2 is 1.97 bits per heavy atom. The molecular weight excluding hydrogens is 473 g/mol. The number of aromatic nitrogens is 3. The van der Waals surface area contributed by atoms with Crippen LogP contribution in [0, 0.1) is 0 Å². The van der Waals surface area contributed by atoms with Gasteiger partial charge in [0.1, 0.15) is 12.4 Å². The Hall–Kier alpha value is -2.96. The summed E-state index contributed by atoms with van der Waals surface area (Å²) in [5.74, 6) is 0.506. The lowest BCUT2D eigenvalue weighted by atomic mass is 10.1. The Kier molecular flexibility index (Phi) is 7.19. The second kappa shape index (κ2) is 10.1. The van der Waals surface area contributed by atoms with Gasteiger partial charge in [-0.2, -0.15) is 18.3 Å². The average molecular weight is 497 g/mol. The van der Waals surface area contributed by atoms with Crippen LogP contribution in [0.1, 0.15) is 36.6 Å². The van der Waals surface area contributed by atoms with E-state index in [-0.39, 0.29) is 12.8 Å². The molecule has 0 amide bonds. The third kappa shape index (κ3) is 5.75. The summed E-state index contributed by atoms with van der Waals surface area (Å²) >= 11 is 0. The summed E-state index contributed by atoms with van der Waals surface area (Å²) in [4.78, 5) is 4.46. The van der Waals surface area contributed by atoms with Crippen LogP contribution < -0.4 is 9.46 Å². The maximum atomic E-state index is 12.5. The summed E-state index contributed by atoms with van der Waals surface area (Å²) in [6.07, 6.45) is 6.20. The van der Waals surface area contributed by atoms with Crippen molar-refractivity contribution in [3.8, 4) is 17.1 Å². The van der Waals surface area contributed by atoms with Crippen LogP contribution in [0.2, 0.25) is 0 Å². The minimum absolute atomic E-state index is 0.107. The van der Waals surface area contributed by atoms with Crippen LogP contribution in [0.25, 0.3) is 11.4 Å². The minimum atomic E-state index is -5.40. The Labute approximate surface area is 194 Å². The van der Waals surface area contributed by atoms with Crippen molar-refractivity contribution in [1.29, 1.82) is 0 Å². The van der Waals surface area contributed by atoms with E-state index >= 15 is 0 Å². The zero-order chi connectivity index (χ0) is 24.2. The molecule has 1 N–H and O–H groups in total. The van der Waals surface area contributed by atoms with Gasteiger partial charge >= 0.3 is 15.5 Å². The van der Waals surface area contributed by atoms with E-state index in [1.54, 1.807) is 41.4 Å². The number of ether oxygens (including phenoxy) is 2. The van der Waals surface area contributed by atoms with E-state index in [0.29, 0.717) is 23.5 Å². The van der Waals surface area contributed by atoms with Gasteiger partial charge in [-0.1, -0.05) is 24.3 Å². The molecule has 3 heterocycles. The van der Waals surface area contributed by atoms with E-state index in [2.05, 4.69) is 10.1 Å². The van der Waals surface area contributed by atoms with Crippen molar-refractivity contribution in [2.45, 2.75) is 44.2 Å². The highest BCUT2D eigenvalue weighted by molar-refractivity contribution is 7.90. The summed E-state index contributed by atoms with van der Waals surface area (Å²) in [5.41, 5.74) is -2.75. The van der Waals surface area contributed by atoms with Gasteiger partial charge < -0.3 is 9.47 Å². The molecule has 1 unspecified atom stereocenters. The molecule has 0 spiro atoms. The van der Waals surface area contributed by atoms with Crippen molar-refractivity contribution in [2.75, 3.05) is 6.61 Å². The number of hydrogen-bond donors (Lipinski definition) is 1. The lowest BCUT2D eigenvalue weighted by Crippen LogP contribution is -2.36. The molecule has 0 radical (unpaired) electrons. The zero-order valence-electron chi connectivity index (χ0n) is 18.0. The van der Waals surface area contributed by atoms with Gasteiger partial charge in [0, 0.05) is 19.3 Å². The predicted molar refractivity (Wildman–Crippen MR) is 117 cm³/mol. The van der Waals surface area contributed by atoms with Crippen LogP contribution in [-0.2, 0) is 27.9 Å². The topological polar surface area (TPSA) is 95.3 Å². The molecule has 1 atom stereocenters. The molecule has 1 fully saturated rings. The molecule has 1 saturated heterocycles. The first-order chi connectivity index (χ1) is 16.2. The van der Waals surface area contributed by atoms with Gasteiger partial charge in [0.15, 0.2) is 6.23 Å². The first-order valence-corrected chi connectivity index (χ1v) is 12.1. The summed E-state index contributed by atoms with van der Waals surface area (Å²) in [6, 6.07) is 11.9. The molecule has 1 aliphatic heterocycles. The van der Waals surface area contributed by atoms with Crippen molar-refractivity contribution in [3.05, 3.63) is 66.0 Å². The molecule has 182 valence electrons. The summed E-state index contributed by atoms with van der Waals surface area (Å²) in [5, 5.41) is 4.38. The number of hydrogen-bond acceptors (Lipinski definition) is 6. The average Bonchev–Trinajstić information content (AvgIpc) is 3.32. The number of rotatable bonds is 8. The Bertz CT molecular complexity index is 1210. The van der Waals surface area contributed by atoms with Gasteiger partial charge in [0.2, 0.25) is 0 Å². The molecule has 12 heteroatoms. The fourth-order valence-corrected chi connectivity index (χ4v) is 4.06. The molecular formula is C22H23F3N4O4S. The first-order valence-electron chi connectivity index (χ1n) is 10.6. The number of nitrogens with zero attached hydrogens (tertiary/aromatic N) is 3. The number of pyridine rings is 1. The summed E-state index contributed by atoms with van der Waals surface area (Å²) in [7, 11) is -5.40. The van der Waals surface area contributed by atoms with Crippen LogP contribution in [0.4, 0.5) is 13.2 Å². The maximum Gasteiger partial charge on any atom is 0.511 e. The molecule has 1 aromatic carbocycles. The summed E-state index contributed by atoms with van der Waals surface area (Å²) < 4.78 is 74.7. The van der Waals surface area contributed by atoms with Gasteiger partial charge in [-0.25, -0.2) is 17.8 Å². The van der Waals surface area contributed by atoms with Crippen LogP contribution in [0.15, 0.2) is 54.9 Å². The van der Waals surface area contributed by atoms with Gasteiger partial charge in [-0.3, -0.25) is 4.98 Å². The highest BCUT2D eigenvalue weighted by atomic mass is 32.2. The standard InChI is InChI=1S/C22H23F3N4O4S/c23-22(24,25)34(30,31)28-13-16-4-3-5-17(12-16)15-33-18-7-8-19(26-14-18)20-9-10-27-29(20)21-6-1-2-11-32-21/h3-5,7-10,12,14,21,28H,1-2,6,11,13,15H2. The molecule has 0 saturated carbocycles. The third-order valence-electron chi connectivity index (χ3n) is 5.27. The van der Waals surface area contributed by atoms with Crippen LogP contribution >= 0.6 is 0 Å².